The van der Waals surface area contributed by atoms with Gasteiger partial charge in [-0.2, -0.15) is 0 Å². The van der Waals surface area contributed by atoms with E-state index >= 15 is 0 Å². The quantitative estimate of drug-likeness (QED) is 0.851. The van der Waals surface area contributed by atoms with Gasteiger partial charge in [0.05, 0.1) is 0 Å². The smallest absolute Gasteiger partial charge is 0.224 e. The molecule has 1 heterocycles. The highest BCUT2D eigenvalue weighted by molar-refractivity contribution is 5.91. The minimum atomic E-state index is 0.112. The molecule has 98 valence electrons. The minimum Gasteiger partial charge on any atom is -0.378 e. The summed E-state index contributed by atoms with van der Waals surface area (Å²) in [4.78, 5) is 13.9. The van der Waals surface area contributed by atoms with Crippen LogP contribution >= 0.6 is 0 Å². The van der Waals surface area contributed by atoms with Crippen LogP contribution in [-0.4, -0.2) is 33.1 Å². The van der Waals surface area contributed by atoms with Gasteiger partial charge in [0.2, 0.25) is 5.91 Å². The fourth-order valence-corrected chi connectivity index (χ4v) is 2.21. The molecule has 0 bridgehead atoms. The summed E-state index contributed by atoms with van der Waals surface area (Å²) in [6.45, 7) is 2.00. The summed E-state index contributed by atoms with van der Waals surface area (Å²) in [6.07, 6.45) is 1.72. The van der Waals surface area contributed by atoms with Gasteiger partial charge in [-0.15, -0.1) is 0 Å². The molecule has 1 fully saturated rings. The van der Waals surface area contributed by atoms with Gasteiger partial charge in [0.25, 0.3) is 0 Å². The van der Waals surface area contributed by atoms with Crippen molar-refractivity contribution in [3.8, 4) is 0 Å². The normalized spacial score (nSPS) is 18.7. The number of nitrogens with zero attached hydrogens (tertiary/aromatic N) is 1. The fourth-order valence-electron chi connectivity index (χ4n) is 2.21. The molecule has 18 heavy (non-hydrogen) atoms. The molecule has 4 nitrogen and oxygen atoms in total. The molecule has 0 aromatic heterocycles. The average molecular weight is 247 g/mol. The van der Waals surface area contributed by atoms with Gasteiger partial charge in [0, 0.05) is 31.9 Å². The number of amides is 1. The van der Waals surface area contributed by atoms with Crippen molar-refractivity contribution < 1.29 is 4.79 Å². The van der Waals surface area contributed by atoms with Gasteiger partial charge in [-0.3, -0.25) is 4.79 Å². The van der Waals surface area contributed by atoms with Gasteiger partial charge in [-0.1, -0.05) is 0 Å². The number of hydrogen-bond donors (Lipinski definition) is 2. The second-order valence-corrected chi connectivity index (χ2v) is 5.05. The van der Waals surface area contributed by atoms with Crippen molar-refractivity contribution in [2.75, 3.05) is 37.4 Å². The van der Waals surface area contributed by atoms with Gasteiger partial charge >= 0.3 is 0 Å². The Labute approximate surface area is 108 Å². The minimum absolute atomic E-state index is 0.112. The third-order valence-electron chi connectivity index (χ3n) is 3.30. The molecule has 1 aromatic carbocycles. The standard InChI is InChI=1S/C14H21N3O/c1-17(2)13-5-3-12(4-6-13)16-14(18)9-11-7-8-15-10-11/h3-6,11,15H,7-10H2,1-2H3,(H,16,18). The SMILES string of the molecule is CN(C)c1ccc(NC(=O)CC2CCNC2)cc1. The van der Waals surface area contributed by atoms with Gasteiger partial charge in [-0.05, 0) is 49.7 Å². The van der Waals surface area contributed by atoms with Crippen LogP contribution in [0.4, 0.5) is 11.4 Å². The Balaban J connectivity index is 1.86. The van der Waals surface area contributed by atoms with Crippen LogP contribution in [0.1, 0.15) is 12.8 Å². The van der Waals surface area contributed by atoms with Crippen LogP contribution in [0.5, 0.6) is 0 Å². The van der Waals surface area contributed by atoms with Crippen LogP contribution in [-0.2, 0) is 4.79 Å². The first-order valence-electron chi connectivity index (χ1n) is 6.43. The first-order valence-corrected chi connectivity index (χ1v) is 6.43. The molecule has 0 spiro atoms. The van der Waals surface area contributed by atoms with Crippen molar-refractivity contribution in [2.45, 2.75) is 12.8 Å². The van der Waals surface area contributed by atoms with Crippen LogP contribution in [0.15, 0.2) is 24.3 Å². The van der Waals surface area contributed by atoms with Crippen LogP contribution in [0.3, 0.4) is 0 Å². The number of nitrogens with one attached hydrogen (secondary N) is 2. The maximum atomic E-state index is 11.8. The Morgan fingerprint density at radius 1 is 1.39 bits per heavy atom. The van der Waals surface area contributed by atoms with Crippen LogP contribution in [0.2, 0.25) is 0 Å². The molecule has 0 aliphatic carbocycles. The Morgan fingerprint density at radius 2 is 2.11 bits per heavy atom. The van der Waals surface area contributed by atoms with E-state index in [0.29, 0.717) is 12.3 Å². The topological polar surface area (TPSA) is 44.4 Å². The number of carbonyl (C=O) groups excluding carboxylic acids is 1. The molecule has 0 radical (unpaired) electrons. The Bertz CT molecular complexity index is 394. The van der Waals surface area contributed by atoms with E-state index in [0.717, 1.165) is 30.9 Å². The lowest BCUT2D eigenvalue weighted by Crippen LogP contribution is -2.18. The van der Waals surface area contributed by atoms with Crippen molar-refractivity contribution >= 4 is 17.3 Å². The Kier molecular flexibility index (Phi) is 4.20. The molecule has 1 aliphatic heterocycles. The number of carbonyl (C=O) groups is 1. The second kappa shape index (κ2) is 5.87. The summed E-state index contributed by atoms with van der Waals surface area (Å²) in [7, 11) is 4.00. The molecular formula is C14H21N3O. The van der Waals surface area contributed by atoms with E-state index in [9.17, 15) is 4.79 Å². The van der Waals surface area contributed by atoms with Crippen molar-refractivity contribution in [1.82, 2.24) is 5.32 Å². The molecule has 0 saturated carbocycles. The number of rotatable bonds is 4. The van der Waals surface area contributed by atoms with Crippen LogP contribution in [0, 0.1) is 5.92 Å². The Hall–Kier alpha value is -1.55. The van der Waals surface area contributed by atoms with E-state index < -0.39 is 0 Å². The van der Waals surface area contributed by atoms with Crippen LogP contribution in [0.25, 0.3) is 0 Å². The summed E-state index contributed by atoms with van der Waals surface area (Å²) in [6, 6.07) is 7.90. The molecule has 1 saturated heterocycles. The highest BCUT2D eigenvalue weighted by atomic mass is 16.1. The highest BCUT2D eigenvalue weighted by Gasteiger charge is 2.17. The molecule has 1 aromatic rings. The predicted molar refractivity (Wildman–Crippen MR) is 75.0 cm³/mol. The van der Waals surface area contributed by atoms with E-state index in [-0.39, 0.29) is 5.91 Å². The Morgan fingerprint density at radius 3 is 2.67 bits per heavy atom. The summed E-state index contributed by atoms with van der Waals surface area (Å²) in [5.74, 6) is 0.604. The number of benzene rings is 1. The van der Waals surface area contributed by atoms with E-state index in [1.165, 1.54) is 0 Å². The average Bonchev–Trinajstić information content (AvgIpc) is 2.82. The first kappa shape index (κ1) is 12.9. The van der Waals surface area contributed by atoms with E-state index in [4.69, 9.17) is 0 Å². The van der Waals surface area contributed by atoms with Gasteiger partial charge < -0.3 is 15.5 Å². The summed E-state index contributed by atoms with van der Waals surface area (Å²) < 4.78 is 0. The molecule has 2 N–H and O–H groups in total. The first-order chi connectivity index (χ1) is 8.65. The zero-order chi connectivity index (χ0) is 13.0. The molecule has 1 unspecified atom stereocenters. The van der Waals surface area contributed by atoms with Crippen LogP contribution < -0.4 is 15.5 Å². The number of hydrogen-bond acceptors (Lipinski definition) is 3. The van der Waals surface area contributed by atoms with Crippen molar-refractivity contribution in [3.63, 3.8) is 0 Å². The highest BCUT2D eigenvalue weighted by Crippen LogP contribution is 2.17. The molecule has 1 aliphatic rings. The summed E-state index contributed by atoms with van der Waals surface area (Å²) in [5, 5.41) is 6.23. The van der Waals surface area contributed by atoms with Gasteiger partial charge in [0.15, 0.2) is 0 Å². The summed E-state index contributed by atoms with van der Waals surface area (Å²) >= 11 is 0. The van der Waals surface area contributed by atoms with E-state index in [1.807, 2.05) is 43.3 Å². The maximum Gasteiger partial charge on any atom is 0.224 e. The molecule has 1 amide bonds. The third-order valence-corrected chi connectivity index (χ3v) is 3.30. The molecule has 1 atom stereocenters. The summed E-state index contributed by atoms with van der Waals surface area (Å²) in [5.41, 5.74) is 2.00. The van der Waals surface area contributed by atoms with E-state index in [1.54, 1.807) is 0 Å². The van der Waals surface area contributed by atoms with E-state index in [2.05, 4.69) is 10.6 Å². The lowest BCUT2D eigenvalue weighted by Gasteiger charge is -2.13. The zero-order valence-electron chi connectivity index (χ0n) is 11.1. The third kappa shape index (κ3) is 3.47. The molecule has 4 heteroatoms. The monoisotopic (exact) mass is 247 g/mol. The van der Waals surface area contributed by atoms with Gasteiger partial charge in [-0.25, -0.2) is 0 Å². The zero-order valence-corrected chi connectivity index (χ0v) is 11.1. The maximum absolute atomic E-state index is 11.8. The van der Waals surface area contributed by atoms with Crippen molar-refractivity contribution in [1.29, 1.82) is 0 Å². The second-order valence-electron chi connectivity index (χ2n) is 5.05. The van der Waals surface area contributed by atoms with Crippen molar-refractivity contribution in [3.05, 3.63) is 24.3 Å². The largest absolute Gasteiger partial charge is 0.378 e. The lowest BCUT2D eigenvalue weighted by molar-refractivity contribution is -0.116. The number of anilines is 2. The molecular weight excluding hydrogens is 226 g/mol. The lowest BCUT2D eigenvalue weighted by atomic mass is 10.0. The van der Waals surface area contributed by atoms with Gasteiger partial charge in [0.1, 0.15) is 0 Å². The predicted octanol–water partition coefficient (Wildman–Crippen LogP) is 1.69. The molecule has 2 rings (SSSR count). The van der Waals surface area contributed by atoms with Crippen molar-refractivity contribution in [2.24, 2.45) is 5.92 Å². The fraction of sp³-hybridized carbons (Fsp3) is 0.500.